The van der Waals surface area contributed by atoms with Crippen molar-refractivity contribution in [3.63, 3.8) is 0 Å². The van der Waals surface area contributed by atoms with E-state index < -0.39 is 0 Å². The number of hydrogen-bond donors (Lipinski definition) is 0. The third kappa shape index (κ3) is 1.83. The van der Waals surface area contributed by atoms with Crippen LogP contribution in [0.5, 0.6) is 0 Å². The van der Waals surface area contributed by atoms with Crippen molar-refractivity contribution >= 4 is 0 Å². The molecule has 0 aliphatic carbocycles. The molecule has 2 rings (SSSR count). The molecule has 0 N–H and O–H groups in total. The van der Waals surface area contributed by atoms with Gasteiger partial charge in [0.25, 0.3) is 0 Å². The summed E-state index contributed by atoms with van der Waals surface area (Å²) in [5.41, 5.74) is 1.45. The second kappa shape index (κ2) is 3.39. The van der Waals surface area contributed by atoms with Crippen molar-refractivity contribution in [3.05, 3.63) is 35.9 Å². The van der Waals surface area contributed by atoms with Gasteiger partial charge in [-0.05, 0) is 32.8 Å². The molecule has 1 nitrogen and oxygen atoms in total. The maximum absolute atomic E-state index is 5.92. The van der Waals surface area contributed by atoms with E-state index in [1.807, 2.05) is 0 Å². The minimum Gasteiger partial charge on any atom is -0.372 e. The Labute approximate surface area is 86.1 Å². The van der Waals surface area contributed by atoms with Crippen LogP contribution in [0, 0.1) is 0 Å². The van der Waals surface area contributed by atoms with E-state index in [0.29, 0.717) is 12.0 Å². The maximum Gasteiger partial charge on any atom is 0.0637 e. The van der Waals surface area contributed by atoms with Gasteiger partial charge in [-0.15, -0.1) is 0 Å². The molecule has 1 aromatic rings. The second-order valence-electron chi connectivity index (χ2n) is 4.80. The molecule has 2 atom stereocenters. The van der Waals surface area contributed by atoms with Crippen molar-refractivity contribution in [2.24, 2.45) is 0 Å². The van der Waals surface area contributed by atoms with Gasteiger partial charge in [0, 0.05) is 5.92 Å². The minimum atomic E-state index is 0.0416. The Balaban J connectivity index is 2.21. The first kappa shape index (κ1) is 9.72. The predicted octanol–water partition coefficient (Wildman–Crippen LogP) is 3.36. The Morgan fingerprint density at radius 2 is 1.86 bits per heavy atom. The molecule has 1 unspecified atom stereocenters. The molecule has 0 spiro atoms. The van der Waals surface area contributed by atoms with E-state index in [-0.39, 0.29) is 5.60 Å². The highest BCUT2D eigenvalue weighted by atomic mass is 16.5. The van der Waals surface area contributed by atoms with Gasteiger partial charge in [0.15, 0.2) is 0 Å². The fourth-order valence-electron chi connectivity index (χ4n) is 2.42. The van der Waals surface area contributed by atoms with Crippen LogP contribution in [0.4, 0.5) is 0 Å². The summed E-state index contributed by atoms with van der Waals surface area (Å²) in [4.78, 5) is 0. The monoisotopic (exact) mass is 190 g/mol. The summed E-state index contributed by atoms with van der Waals surface area (Å²) in [5, 5.41) is 0. The Bertz CT molecular complexity index is 302. The molecule has 0 radical (unpaired) electrons. The van der Waals surface area contributed by atoms with Gasteiger partial charge < -0.3 is 4.74 Å². The average molecular weight is 190 g/mol. The predicted molar refractivity (Wildman–Crippen MR) is 58.4 cm³/mol. The van der Waals surface area contributed by atoms with Crippen molar-refractivity contribution in [2.75, 3.05) is 0 Å². The van der Waals surface area contributed by atoms with Gasteiger partial charge in [-0.2, -0.15) is 0 Å². The van der Waals surface area contributed by atoms with E-state index in [4.69, 9.17) is 4.74 Å². The highest BCUT2D eigenvalue weighted by Gasteiger charge is 2.38. The second-order valence-corrected chi connectivity index (χ2v) is 4.80. The molecule has 14 heavy (non-hydrogen) atoms. The summed E-state index contributed by atoms with van der Waals surface area (Å²) in [5.74, 6) is 0.561. The molecule has 0 saturated carbocycles. The topological polar surface area (TPSA) is 9.23 Å². The van der Waals surface area contributed by atoms with Crippen molar-refractivity contribution in [3.8, 4) is 0 Å². The van der Waals surface area contributed by atoms with E-state index in [2.05, 4.69) is 51.1 Å². The molecule has 76 valence electrons. The average Bonchev–Trinajstić information content (AvgIpc) is 2.41. The standard InChI is InChI=1S/C13H18O/c1-10-12(9-13(2,3)14-10)11-7-5-4-6-8-11/h4-8,10,12H,9H2,1-3H3/t10-,12?/m0/s1. The number of ether oxygens (including phenoxy) is 1. The molecule has 0 amide bonds. The molecular formula is C13H18O. The van der Waals surface area contributed by atoms with Gasteiger partial charge in [-0.1, -0.05) is 30.3 Å². The van der Waals surface area contributed by atoms with Gasteiger partial charge in [0.1, 0.15) is 0 Å². The fraction of sp³-hybridized carbons (Fsp3) is 0.538. The highest BCUT2D eigenvalue weighted by Crippen LogP contribution is 2.40. The Kier molecular flexibility index (Phi) is 2.36. The summed E-state index contributed by atoms with van der Waals surface area (Å²) in [6, 6.07) is 10.7. The van der Waals surface area contributed by atoms with Crippen LogP contribution in [0.2, 0.25) is 0 Å². The smallest absolute Gasteiger partial charge is 0.0637 e. The van der Waals surface area contributed by atoms with Crippen LogP contribution in [0.1, 0.15) is 38.7 Å². The summed E-state index contributed by atoms with van der Waals surface area (Å²) < 4.78 is 5.92. The van der Waals surface area contributed by atoms with Gasteiger partial charge in [-0.25, -0.2) is 0 Å². The van der Waals surface area contributed by atoms with E-state index in [9.17, 15) is 0 Å². The molecule has 1 fully saturated rings. The lowest BCUT2D eigenvalue weighted by Gasteiger charge is -2.16. The molecule has 1 aromatic carbocycles. The molecule has 0 bridgehead atoms. The summed E-state index contributed by atoms with van der Waals surface area (Å²) in [6.07, 6.45) is 1.46. The zero-order valence-corrected chi connectivity index (χ0v) is 9.16. The van der Waals surface area contributed by atoms with Crippen LogP contribution in [0.25, 0.3) is 0 Å². The van der Waals surface area contributed by atoms with Crippen molar-refractivity contribution in [1.82, 2.24) is 0 Å². The molecule has 1 saturated heterocycles. The number of hydrogen-bond acceptors (Lipinski definition) is 1. The summed E-state index contributed by atoms with van der Waals surface area (Å²) >= 11 is 0. The van der Waals surface area contributed by atoms with E-state index in [1.54, 1.807) is 0 Å². The first-order valence-corrected chi connectivity index (χ1v) is 5.31. The lowest BCUT2D eigenvalue weighted by Crippen LogP contribution is -2.18. The molecule has 0 aromatic heterocycles. The lowest BCUT2D eigenvalue weighted by atomic mass is 9.88. The van der Waals surface area contributed by atoms with Crippen molar-refractivity contribution < 1.29 is 4.74 Å². The van der Waals surface area contributed by atoms with Crippen LogP contribution < -0.4 is 0 Å². The Morgan fingerprint density at radius 1 is 1.21 bits per heavy atom. The van der Waals surface area contributed by atoms with Gasteiger partial charge in [0.2, 0.25) is 0 Å². The molecule has 1 aliphatic rings. The third-order valence-electron chi connectivity index (χ3n) is 3.01. The number of benzene rings is 1. The maximum atomic E-state index is 5.92. The number of rotatable bonds is 1. The first-order chi connectivity index (χ1) is 6.58. The van der Waals surface area contributed by atoms with Crippen LogP contribution in [0.15, 0.2) is 30.3 Å². The lowest BCUT2D eigenvalue weighted by molar-refractivity contribution is -0.00852. The van der Waals surface area contributed by atoms with Crippen molar-refractivity contribution in [2.45, 2.75) is 44.8 Å². The highest BCUT2D eigenvalue weighted by molar-refractivity contribution is 5.22. The minimum absolute atomic E-state index is 0.0416. The molecule has 1 heteroatoms. The van der Waals surface area contributed by atoms with Gasteiger partial charge in [-0.3, -0.25) is 0 Å². The summed E-state index contributed by atoms with van der Waals surface area (Å²) in [6.45, 7) is 6.52. The quantitative estimate of drug-likeness (QED) is 0.659. The van der Waals surface area contributed by atoms with Crippen molar-refractivity contribution in [1.29, 1.82) is 0 Å². The van der Waals surface area contributed by atoms with E-state index >= 15 is 0 Å². The molecular weight excluding hydrogens is 172 g/mol. The molecule has 1 heterocycles. The Morgan fingerprint density at radius 3 is 2.36 bits per heavy atom. The third-order valence-corrected chi connectivity index (χ3v) is 3.01. The van der Waals surface area contributed by atoms with Crippen LogP contribution in [-0.2, 0) is 4.74 Å². The SMILES string of the molecule is C[C@@H]1OC(C)(C)CC1c1ccccc1. The van der Waals surface area contributed by atoms with E-state index in [1.165, 1.54) is 5.56 Å². The normalized spacial score (nSPS) is 30.5. The Hall–Kier alpha value is -0.820. The van der Waals surface area contributed by atoms with Gasteiger partial charge in [0.05, 0.1) is 11.7 Å². The fourth-order valence-corrected chi connectivity index (χ4v) is 2.42. The zero-order valence-electron chi connectivity index (χ0n) is 9.16. The molecule has 1 aliphatic heterocycles. The summed E-state index contributed by atoms with van der Waals surface area (Å²) in [7, 11) is 0. The largest absolute Gasteiger partial charge is 0.372 e. The van der Waals surface area contributed by atoms with Crippen LogP contribution in [-0.4, -0.2) is 11.7 Å². The van der Waals surface area contributed by atoms with Crippen LogP contribution >= 0.6 is 0 Å². The zero-order chi connectivity index (χ0) is 10.2. The van der Waals surface area contributed by atoms with Crippen LogP contribution in [0.3, 0.4) is 0 Å². The first-order valence-electron chi connectivity index (χ1n) is 5.31. The van der Waals surface area contributed by atoms with E-state index in [0.717, 1.165) is 6.42 Å². The van der Waals surface area contributed by atoms with Gasteiger partial charge >= 0.3 is 0 Å².